The number of carbonyl (C=O) groups is 1. The van der Waals surface area contributed by atoms with Crippen LogP contribution in [0.5, 0.6) is 0 Å². The van der Waals surface area contributed by atoms with E-state index in [-0.39, 0.29) is 6.04 Å². The Balaban J connectivity index is 4.09. The second-order valence-corrected chi connectivity index (χ2v) is 4.04. The molecule has 3 nitrogen and oxygen atoms in total. The lowest BCUT2D eigenvalue weighted by Crippen LogP contribution is -2.24. The van der Waals surface area contributed by atoms with Crippen molar-refractivity contribution in [1.82, 2.24) is 5.32 Å². The molecule has 0 aliphatic rings. The Morgan fingerprint density at radius 1 is 1.36 bits per heavy atom. The molecule has 0 aromatic rings. The minimum absolute atomic E-state index is 0.275. The zero-order valence-electron chi connectivity index (χ0n) is 9.45. The lowest BCUT2D eigenvalue weighted by Gasteiger charge is -2.14. The number of aliphatic carboxylic acids is 1. The zero-order valence-corrected chi connectivity index (χ0v) is 9.45. The Hall–Kier alpha value is -0.830. The van der Waals surface area contributed by atoms with E-state index in [1.165, 1.54) is 0 Å². The van der Waals surface area contributed by atoms with Crippen molar-refractivity contribution in [2.24, 2.45) is 11.8 Å². The fraction of sp³-hybridized carbons (Fsp3) is 0.727. The molecule has 0 bridgehead atoms. The first-order valence-corrected chi connectivity index (χ1v) is 5.05. The Bertz CT molecular complexity index is 199. The van der Waals surface area contributed by atoms with Gasteiger partial charge in [0.25, 0.3) is 0 Å². The Labute approximate surface area is 86.2 Å². The first-order valence-electron chi connectivity index (χ1n) is 5.05. The van der Waals surface area contributed by atoms with Gasteiger partial charge in [0.1, 0.15) is 0 Å². The summed E-state index contributed by atoms with van der Waals surface area (Å²) in [5.41, 5.74) is 0. The highest BCUT2D eigenvalue weighted by Gasteiger charge is 2.08. The fourth-order valence-electron chi connectivity index (χ4n) is 1.18. The largest absolute Gasteiger partial charge is 0.481 e. The SMILES string of the molecule is CN[C@H](/C=C/[C@H](C)C(=O)O)CC(C)C. The topological polar surface area (TPSA) is 49.3 Å². The summed E-state index contributed by atoms with van der Waals surface area (Å²) >= 11 is 0. The third kappa shape index (κ3) is 5.75. The van der Waals surface area contributed by atoms with Crippen molar-refractivity contribution in [2.75, 3.05) is 7.05 Å². The molecule has 0 unspecified atom stereocenters. The van der Waals surface area contributed by atoms with Gasteiger partial charge in [0.15, 0.2) is 0 Å². The molecule has 2 N–H and O–H groups in total. The Morgan fingerprint density at radius 2 is 1.93 bits per heavy atom. The molecule has 0 spiro atoms. The lowest BCUT2D eigenvalue weighted by atomic mass is 10.0. The van der Waals surface area contributed by atoms with Crippen LogP contribution in [-0.2, 0) is 4.79 Å². The van der Waals surface area contributed by atoms with Crippen molar-refractivity contribution >= 4 is 5.97 Å². The molecule has 82 valence electrons. The first-order chi connectivity index (χ1) is 6.47. The number of carboxylic acids is 1. The molecule has 0 saturated heterocycles. The molecular formula is C11H21NO2. The molecule has 0 saturated carbocycles. The van der Waals surface area contributed by atoms with Crippen LogP contribution in [0.15, 0.2) is 12.2 Å². The molecule has 3 heteroatoms. The second kappa shape index (κ2) is 6.60. The summed E-state index contributed by atoms with van der Waals surface area (Å²) in [6.45, 7) is 5.98. The van der Waals surface area contributed by atoms with Crippen molar-refractivity contribution in [3.05, 3.63) is 12.2 Å². The number of rotatable bonds is 6. The molecule has 0 aliphatic heterocycles. The highest BCUT2D eigenvalue weighted by Crippen LogP contribution is 2.07. The smallest absolute Gasteiger partial charge is 0.310 e. The molecular weight excluding hydrogens is 178 g/mol. The summed E-state index contributed by atoms with van der Waals surface area (Å²) in [4.78, 5) is 10.6. The molecule has 0 heterocycles. The molecule has 14 heavy (non-hydrogen) atoms. The van der Waals surface area contributed by atoms with E-state index < -0.39 is 11.9 Å². The lowest BCUT2D eigenvalue weighted by molar-refractivity contribution is -0.139. The third-order valence-corrected chi connectivity index (χ3v) is 2.12. The predicted octanol–water partition coefficient (Wildman–Crippen LogP) is 1.90. The van der Waals surface area contributed by atoms with Crippen LogP contribution >= 0.6 is 0 Å². The molecule has 0 rings (SSSR count). The Morgan fingerprint density at radius 3 is 2.29 bits per heavy atom. The van der Waals surface area contributed by atoms with Gasteiger partial charge in [-0.15, -0.1) is 0 Å². The van der Waals surface area contributed by atoms with E-state index in [1.807, 2.05) is 13.1 Å². The second-order valence-electron chi connectivity index (χ2n) is 4.04. The van der Waals surface area contributed by atoms with Crippen LogP contribution in [0, 0.1) is 11.8 Å². The van der Waals surface area contributed by atoms with Crippen molar-refractivity contribution in [3.63, 3.8) is 0 Å². The monoisotopic (exact) mass is 199 g/mol. The summed E-state index contributed by atoms with van der Waals surface area (Å²) in [5, 5.41) is 11.8. The molecule has 2 atom stereocenters. The van der Waals surface area contributed by atoms with E-state index >= 15 is 0 Å². The van der Waals surface area contributed by atoms with Gasteiger partial charge in [-0.1, -0.05) is 26.0 Å². The normalized spacial score (nSPS) is 16.1. The number of hydrogen-bond donors (Lipinski definition) is 2. The average Bonchev–Trinajstić information content (AvgIpc) is 2.10. The van der Waals surface area contributed by atoms with E-state index in [9.17, 15) is 4.79 Å². The van der Waals surface area contributed by atoms with Crippen LogP contribution in [0.25, 0.3) is 0 Å². The maximum absolute atomic E-state index is 10.6. The quantitative estimate of drug-likeness (QED) is 0.642. The van der Waals surface area contributed by atoms with Crippen LogP contribution in [0.4, 0.5) is 0 Å². The van der Waals surface area contributed by atoms with E-state index in [1.54, 1.807) is 13.0 Å². The Kier molecular flexibility index (Phi) is 6.21. The first kappa shape index (κ1) is 13.2. The van der Waals surface area contributed by atoms with Crippen molar-refractivity contribution in [1.29, 1.82) is 0 Å². The van der Waals surface area contributed by atoms with Crippen molar-refractivity contribution in [3.8, 4) is 0 Å². The summed E-state index contributed by atoms with van der Waals surface area (Å²) in [5.74, 6) is -0.573. The van der Waals surface area contributed by atoms with Gasteiger partial charge in [-0.3, -0.25) is 4.79 Å². The standard InChI is InChI=1S/C11H21NO2/c1-8(2)7-10(12-4)6-5-9(3)11(13)14/h5-6,8-10,12H,7H2,1-4H3,(H,13,14)/b6-5+/t9-,10+/m0/s1. The minimum Gasteiger partial charge on any atom is -0.481 e. The van der Waals surface area contributed by atoms with Gasteiger partial charge >= 0.3 is 5.97 Å². The number of carboxylic acid groups (broad SMARTS) is 1. The van der Waals surface area contributed by atoms with Gasteiger partial charge in [-0.05, 0) is 26.3 Å². The van der Waals surface area contributed by atoms with E-state index in [0.29, 0.717) is 5.92 Å². The number of likely N-dealkylation sites (N-methyl/N-ethyl adjacent to an activating group) is 1. The van der Waals surface area contributed by atoms with Gasteiger partial charge in [-0.25, -0.2) is 0 Å². The summed E-state index contributed by atoms with van der Waals surface area (Å²) in [6, 6.07) is 0.275. The zero-order chi connectivity index (χ0) is 11.1. The fourth-order valence-corrected chi connectivity index (χ4v) is 1.18. The highest BCUT2D eigenvalue weighted by molar-refractivity contribution is 5.71. The maximum atomic E-state index is 10.6. The van der Waals surface area contributed by atoms with E-state index in [0.717, 1.165) is 6.42 Å². The van der Waals surface area contributed by atoms with Crippen LogP contribution in [-0.4, -0.2) is 24.2 Å². The molecule has 0 aliphatic carbocycles. The molecule has 0 aromatic carbocycles. The van der Waals surface area contributed by atoms with Gasteiger partial charge in [-0.2, -0.15) is 0 Å². The van der Waals surface area contributed by atoms with Crippen molar-refractivity contribution < 1.29 is 9.90 Å². The van der Waals surface area contributed by atoms with Gasteiger partial charge in [0.05, 0.1) is 5.92 Å². The number of nitrogens with one attached hydrogen (secondary N) is 1. The average molecular weight is 199 g/mol. The summed E-state index contributed by atoms with van der Waals surface area (Å²) < 4.78 is 0. The van der Waals surface area contributed by atoms with Crippen LogP contribution in [0.1, 0.15) is 27.2 Å². The molecule has 0 amide bonds. The van der Waals surface area contributed by atoms with Crippen molar-refractivity contribution in [2.45, 2.75) is 33.2 Å². The predicted molar refractivity (Wildman–Crippen MR) is 58.2 cm³/mol. The van der Waals surface area contributed by atoms with Gasteiger partial charge in [0.2, 0.25) is 0 Å². The highest BCUT2D eigenvalue weighted by atomic mass is 16.4. The van der Waals surface area contributed by atoms with Gasteiger partial charge in [0, 0.05) is 6.04 Å². The molecule has 0 fully saturated rings. The van der Waals surface area contributed by atoms with E-state index in [4.69, 9.17) is 5.11 Å². The summed E-state index contributed by atoms with van der Waals surface area (Å²) in [7, 11) is 1.89. The van der Waals surface area contributed by atoms with Gasteiger partial charge < -0.3 is 10.4 Å². The van der Waals surface area contributed by atoms with Crippen LogP contribution in [0.3, 0.4) is 0 Å². The minimum atomic E-state index is -0.777. The van der Waals surface area contributed by atoms with E-state index in [2.05, 4.69) is 19.2 Å². The summed E-state index contributed by atoms with van der Waals surface area (Å²) in [6.07, 6.45) is 4.71. The third-order valence-electron chi connectivity index (χ3n) is 2.12. The molecule has 0 radical (unpaired) electrons. The van der Waals surface area contributed by atoms with Crippen LogP contribution < -0.4 is 5.32 Å². The maximum Gasteiger partial charge on any atom is 0.310 e. The molecule has 0 aromatic heterocycles. The van der Waals surface area contributed by atoms with Crippen LogP contribution in [0.2, 0.25) is 0 Å². The number of hydrogen-bond acceptors (Lipinski definition) is 2.